The molecule has 0 unspecified atom stereocenters. The van der Waals surface area contributed by atoms with Crippen molar-refractivity contribution in [2.45, 2.75) is 103 Å². The number of esters is 1. The van der Waals surface area contributed by atoms with Gasteiger partial charge < -0.3 is 24.4 Å². The second-order valence-corrected chi connectivity index (χ2v) is 11.5. The fraction of sp³-hybridized carbons (Fsp3) is 0.885. The Morgan fingerprint density at radius 1 is 1.14 bits per heavy atom. The maximum Gasteiger partial charge on any atom is 0.308 e. The average molecular weight is 509 g/mol. The number of amides is 2. The van der Waals surface area contributed by atoms with E-state index < -0.39 is 29.9 Å². The number of carbonyl (C=O) groups excluding carboxylic acids is 3. The highest BCUT2D eigenvalue weighted by Crippen LogP contribution is 2.60. The third-order valence-corrected chi connectivity index (χ3v) is 9.00. The number of fused-ring (bicyclic) bond motifs is 2. The van der Waals surface area contributed by atoms with Gasteiger partial charge in [0.1, 0.15) is 0 Å². The van der Waals surface area contributed by atoms with E-state index in [4.69, 9.17) is 24.0 Å². The lowest BCUT2D eigenvalue weighted by atomic mass is 9.58. The molecule has 202 valence electrons. The maximum absolute atomic E-state index is 12.7. The minimum atomic E-state index is -0.882. The van der Waals surface area contributed by atoms with Crippen molar-refractivity contribution in [2.75, 3.05) is 19.6 Å². The van der Waals surface area contributed by atoms with E-state index in [9.17, 15) is 14.4 Å². The van der Waals surface area contributed by atoms with Gasteiger partial charge in [0.05, 0.1) is 6.42 Å². The zero-order chi connectivity index (χ0) is 25.5. The maximum atomic E-state index is 12.7. The second kappa shape index (κ2) is 10.2. The molecule has 6 fully saturated rings. The van der Waals surface area contributed by atoms with Crippen molar-refractivity contribution in [3.8, 4) is 0 Å². The number of hydrogen-bond donors (Lipinski definition) is 1. The number of hydrogen-bond acceptors (Lipinski definition) is 8. The second-order valence-electron chi connectivity index (χ2n) is 11.5. The van der Waals surface area contributed by atoms with Crippen molar-refractivity contribution in [3.63, 3.8) is 0 Å². The summed E-state index contributed by atoms with van der Waals surface area (Å²) in [5.41, 5.74) is -0.699. The van der Waals surface area contributed by atoms with Gasteiger partial charge in [-0.15, -0.1) is 0 Å². The van der Waals surface area contributed by atoms with Crippen LogP contribution in [0.2, 0.25) is 0 Å². The molecule has 36 heavy (non-hydrogen) atoms. The average Bonchev–Trinajstić information content (AvgIpc) is 3.12. The van der Waals surface area contributed by atoms with E-state index in [-0.39, 0.29) is 42.4 Å². The molecular weight excluding hydrogens is 468 g/mol. The summed E-state index contributed by atoms with van der Waals surface area (Å²) in [6.07, 6.45) is 4.46. The van der Waals surface area contributed by atoms with Crippen molar-refractivity contribution in [1.29, 1.82) is 0 Å². The molecule has 2 bridgehead atoms. The number of nitrogens with one attached hydrogen (secondary N) is 1. The molecule has 0 radical (unpaired) electrons. The Labute approximate surface area is 212 Å². The van der Waals surface area contributed by atoms with Gasteiger partial charge in [-0.2, -0.15) is 0 Å². The molecular formula is C26H40N2O8. The lowest BCUT2D eigenvalue weighted by Gasteiger charge is -2.59. The number of nitrogens with zero attached hydrogens (tertiary/aromatic N) is 1. The molecule has 1 N–H and O–H groups in total. The van der Waals surface area contributed by atoms with Crippen LogP contribution in [-0.2, 0) is 38.4 Å². The summed E-state index contributed by atoms with van der Waals surface area (Å²) in [4.78, 5) is 50.2. The summed E-state index contributed by atoms with van der Waals surface area (Å²) in [6, 6.07) is 0. The Balaban J connectivity index is 1.12. The normalized spacial score (nSPS) is 41.5. The SMILES string of the molecule is C[C@H]1[C@H](OC(=O)CCC(=O)NCCCN2CCCC2=O)O[C@@H]2O[C@]3(C)CC[C@H]4[C@H](C)CC[C@@H]1[C@@]24OO3. The zero-order valence-corrected chi connectivity index (χ0v) is 21.7. The van der Waals surface area contributed by atoms with Gasteiger partial charge in [0.2, 0.25) is 23.9 Å². The summed E-state index contributed by atoms with van der Waals surface area (Å²) in [5.74, 6) is -0.694. The van der Waals surface area contributed by atoms with E-state index in [0.29, 0.717) is 31.8 Å². The number of likely N-dealkylation sites (tertiary alicyclic amines) is 1. The summed E-state index contributed by atoms with van der Waals surface area (Å²) >= 11 is 0. The van der Waals surface area contributed by atoms with Gasteiger partial charge in [-0.1, -0.05) is 13.8 Å². The first-order chi connectivity index (χ1) is 17.2. The summed E-state index contributed by atoms with van der Waals surface area (Å²) in [5, 5.41) is 2.82. The van der Waals surface area contributed by atoms with E-state index >= 15 is 0 Å². The molecule has 1 aliphatic carbocycles. The van der Waals surface area contributed by atoms with Crippen LogP contribution in [0.5, 0.6) is 0 Å². The van der Waals surface area contributed by atoms with Crippen LogP contribution in [-0.4, -0.2) is 66.3 Å². The van der Waals surface area contributed by atoms with Gasteiger partial charge in [-0.05, 0) is 50.9 Å². The number of ether oxygens (including phenoxy) is 3. The largest absolute Gasteiger partial charge is 0.435 e. The molecule has 0 aromatic carbocycles. The molecule has 2 amide bonds. The number of carbonyl (C=O) groups is 3. The van der Waals surface area contributed by atoms with Gasteiger partial charge in [0, 0.05) is 50.7 Å². The quantitative estimate of drug-likeness (QED) is 0.303. The third-order valence-electron chi connectivity index (χ3n) is 9.00. The molecule has 8 atom stereocenters. The standard InChI is InChI=1S/C26H40N2O8/c1-16-7-8-19-17(2)23(33-24-26(19)18(16)11-12-25(3,34-24)35-36-26)32-22(31)10-9-20(29)27-13-5-15-28-14-4-6-21(28)30/h16-19,23-24H,4-15H2,1-3H3,(H,27,29)/t16-,17-,18+,19+,23-,24-,25+,26-/m1/s1. The molecule has 10 nitrogen and oxygen atoms in total. The molecule has 1 saturated carbocycles. The van der Waals surface area contributed by atoms with E-state index in [0.717, 1.165) is 38.6 Å². The Morgan fingerprint density at radius 2 is 1.97 bits per heavy atom. The Morgan fingerprint density at radius 3 is 2.75 bits per heavy atom. The van der Waals surface area contributed by atoms with Gasteiger partial charge in [0.15, 0.2) is 11.9 Å². The highest BCUT2D eigenvalue weighted by molar-refractivity contribution is 5.81. The van der Waals surface area contributed by atoms with Crippen molar-refractivity contribution in [2.24, 2.45) is 23.7 Å². The van der Waals surface area contributed by atoms with Crippen LogP contribution >= 0.6 is 0 Å². The van der Waals surface area contributed by atoms with E-state index in [2.05, 4.69) is 12.2 Å². The van der Waals surface area contributed by atoms with E-state index in [1.165, 1.54) is 0 Å². The van der Waals surface area contributed by atoms with Crippen LogP contribution in [0.15, 0.2) is 0 Å². The van der Waals surface area contributed by atoms with Crippen LogP contribution in [0.3, 0.4) is 0 Å². The topological polar surface area (TPSA) is 113 Å². The number of rotatable bonds is 8. The zero-order valence-electron chi connectivity index (χ0n) is 21.7. The minimum absolute atomic E-state index is 0.0264. The molecule has 6 rings (SSSR count). The Kier molecular flexibility index (Phi) is 7.33. The lowest BCUT2D eigenvalue weighted by molar-refractivity contribution is -0.576. The smallest absolute Gasteiger partial charge is 0.308 e. The first-order valence-corrected chi connectivity index (χ1v) is 13.7. The Bertz CT molecular complexity index is 869. The summed E-state index contributed by atoms with van der Waals surface area (Å²) < 4.78 is 18.3. The molecule has 5 aliphatic heterocycles. The minimum Gasteiger partial charge on any atom is -0.435 e. The van der Waals surface area contributed by atoms with E-state index in [1.54, 1.807) is 0 Å². The van der Waals surface area contributed by atoms with Crippen molar-refractivity contribution >= 4 is 17.8 Å². The van der Waals surface area contributed by atoms with Crippen LogP contribution < -0.4 is 5.32 Å². The summed E-state index contributed by atoms with van der Waals surface area (Å²) in [7, 11) is 0. The van der Waals surface area contributed by atoms with Crippen LogP contribution in [0.4, 0.5) is 0 Å². The predicted octanol–water partition coefficient (Wildman–Crippen LogP) is 2.65. The lowest BCUT2D eigenvalue weighted by Crippen LogP contribution is -2.70. The Hall–Kier alpha value is -1.75. The van der Waals surface area contributed by atoms with Crippen molar-refractivity contribution in [3.05, 3.63) is 0 Å². The van der Waals surface area contributed by atoms with Gasteiger partial charge in [-0.3, -0.25) is 14.4 Å². The fourth-order valence-electron chi connectivity index (χ4n) is 6.94. The monoisotopic (exact) mass is 508 g/mol. The molecule has 6 aliphatic rings. The van der Waals surface area contributed by atoms with E-state index in [1.807, 2.05) is 18.7 Å². The molecule has 0 aromatic heterocycles. The first kappa shape index (κ1) is 25.9. The van der Waals surface area contributed by atoms with Gasteiger partial charge in [0.25, 0.3) is 0 Å². The first-order valence-electron chi connectivity index (χ1n) is 13.7. The molecule has 5 saturated heterocycles. The summed E-state index contributed by atoms with van der Waals surface area (Å²) in [6.45, 7) is 8.07. The predicted molar refractivity (Wildman–Crippen MR) is 126 cm³/mol. The molecule has 10 heteroatoms. The van der Waals surface area contributed by atoms with Gasteiger partial charge >= 0.3 is 5.97 Å². The molecule has 5 heterocycles. The molecule has 0 aromatic rings. The van der Waals surface area contributed by atoms with Crippen LogP contribution in [0.25, 0.3) is 0 Å². The highest BCUT2D eigenvalue weighted by atomic mass is 17.3. The van der Waals surface area contributed by atoms with Gasteiger partial charge in [-0.25, -0.2) is 9.78 Å². The molecule has 1 spiro atoms. The fourth-order valence-corrected chi connectivity index (χ4v) is 6.94. The van der Waals surface area contributed by atoms with Crippen LogP contribution in [0.1, 0.15) is 78.6 Å². The van der Waals surface area contributed by atoms with Crippen LogP contribution in [0, 0.1) is 23.7 Å². The van der Waals surface area contributed by atoms with Crippen molar-refractivity contribution < 1.29 is 38.4 Å². The third kappa shape index (κ3) is 4.77. The highest BCUT2D eigenvalue weighted by Gasteiger charge is 2.69. The van der Waals surface area contributed by atoms with Crippen molar-refractivity contribution in [1.82, 2.24) is 10.2 Å².